The fraction of sp³-hybridized carbons (Fsp3) is 0.150. The predicted molar refractivity (Wildman–Crippen MR) is 107 cm³/mol. The summed E-state index contributed by atoms with van der Waals surface area (Å²) in [5, 5.41) is 4.11. The Bertz CT molecular complexity index is 1310. The number of thioether (sulfide) groups is 1. The summed E-state index contributed by atoms with van der Waals surface area (Å²) in [7, 11) is 0. The Morgan fingerprint density at radius 3 is 2.82 bits per heavy atom. The first kappa shape index (κ1) is 17.0. The van der Waals surface area contributed by atoms with Gasteiger partial charge in [-0.2, -0.15) is 0 Å². The first-order valence-corrected chi connectivity index (χ1v) is 9.81. The van der Waals surface area contributed by atoms with Crippen LogP contribution in [0.15, 0.2) is 58.5 Å². The highest BCUT2D eigenvalue weighted by molar-refractivity contribution is 7.99. The zero-order valence-electron chi connectivity index (χ0n) is 14.7. The lowest BCUT2D eigenvalue weighted by Gasteiger charge is -2.09. The number of para-hydroxylation sites is 2. The van der Waals surface area contributed by atoms with Crippen LogP contribution in [0.4, 0.5) is 10.1 Å². The second-order valence-corrected chi connectivity index (χ2v) is 7.59. The van der Waals surface area contributed by atoms with Gasteiger partial charge in [0.15, 0.2) is 5.16 Å². The van der Waals surface area contributed by atoms with Crippen LogP contribution in [-0.2, 0) is 17.9 Å². The lowest BCUT2D eigenvalue weighted by Crippen LogP contribution is -2.25. The number of fused-ring (bicyclic) bond motifs is 4. The third-order valence-corrected chi connectivity index (χ3v) is 5.78. The van der Waals surface area contributed by atoms with Crippen molar-refractivity contribution in [2.24, 2.45) is 0 Å². The molecule has 140 valence electrons. The van der Waals surface area contributed by atoms with E-state index in [4.69, 9.17) is 0 Å². The van der Waals surface area contributed by atoms with Crippen molar-refractivity contribution >= 4 is 45.3 Å². The quantitative estimate of drug-likeness (QED) is 0.542. The first-order valence-electron chi connectivity index (χ1n) is 8.82. The highest BCUT2D eigenvalue weighted by Gasteiger charge is 2.23. The molecular formula is C20H15FN4O2S. The summed E-state index contributed by atoms with van der Waals surface area (Å²) in [6.45, 7) is 0.493. The molecule has 0 unspecified atom stereocenters. The van der Waals surface area contributed by atoms with Crippen LogP contribution in [0.2, 0.25) is 0 Å². The lowest BCUT2D eigenvalue weighted by atomic mass is 10.2. The van der Waals surface area contributed by atoms with Crippen molar-refractivity contribution in [2.45, 2.75) is 18.2 Å². The van der Waals surface area contributed by atoms with Crippen LogP contribution in [-0.4, -0.2) is 25.8 Å². The molecule has 1 N–H and O–H groups in total. The summed E-state index contributed by atoms with van der Waals surface area (Å²) in [6.07, 6.45) is 0. The molecule has 1 amide bonds. The first-order chi connectivity index (χ1) is 13.6. The minimum absolute atomic E-state index is 0.109. The summed E-state index contributed by atoms with van der Waals surface area (Å²) in [5.74, 6) is -0.109. The zero-order chi connectivity index (χ0) is 19.3. The van der Waals surface area contributed by atoms with Crippen molar-refractivity contribution < 1.29 is 9.18 Å². The van der Waals surface area contributed by atoms with Gasteiger partial charge in [-0.1, -0.05) is 42.1 Å². The molecule has 1 aliphatic rings. The molecule has 5 rings (SSSR count). The van der Waals surface area contributed by atoms with E-state index in [2.05, 4.69) is 10.3 Å². The van der Waals surface area contributed by atoms with Crippen molar-refractivity contribution in [3.63, 3.8) is 0 Å². The molecule has 0 atom stereocenters. The molecule has 0 saturated heterocycles. The monoisotopic (exact) mass is 394 g/mol. The van der Waals surface area contributed by atoms with Gasteiger partial charge in [-0.3, -0.25) is 14.2 Å². The molecule has 8 heteroatoms. The van der Waals surface area contributed by atoms with Gasteiger partial charge in [0.2, 0.25) is 5.91 Å². The topological polar surface area (TPSA) is 68.9 Å². The average molecular weight is 394 g/mol. The smallest absolute Gasteiger partial charge is 0.278 e. The van der Waals surface area contributed by atoms with E-state index < -0.39 is 11.7 Å². The zero-order valence-corrected chi connectivity index (χ0v) is 15.5. The minimum atomic E-state index is -0.505. The van der Waals surface area contributed by atoms with E-state index in [1.807, 2.05) is 24.3 Å². The van der Waals surface area contributed by atoms with Crippen LogP contribution in [0, 0.1) is 5.82 Å². The summed E-state index contributed by atoms with van der Waals surface area (Å²) in [4.78, 5) is 30.4. The third-order valence-electron chi connectivity index (χ3n) is 4.83. The lowest BCUT2D eigenvalue weighted by molar-refractivity contribution is -0.116. The normalized spacial score (nSPS) is 13.2. The second kappa shape index (κ2) is 6.49. The molecule has 0 aliphatic carbocycles. The largest absolute Gasteiger partial charge is 0.325 e. The molecule has 0 bridgehead atoms. The average Bonchev–Trinajstić information content (AvgIpc) is 3.28. The van der Waals surface area contributed by atoms with Crippen molar-refractivity contribution in [3.05, 3.63) is 64.7 Å². The van der Waals surface area contributed by atoms with Crippen molar-refractivity contribution in [1.82, 2.24) is 14.1 Å². The van der Waals surface area contributed by atoms with E-state index in [1.165, 1.54) is 12.1 Å². The van der Waals surface area contributed by atoms with E-state index in [-0.39, 0.29) is 17.8 Å². The minimum Gasteiger partial charge on any atom is -0.325 e. The van der Waals surface area contributed by atoms with E-state index in [1.54, 1.807) is 33.0 Å². The van der Waals surface area contributed by atoms with E-state index >= 15 is 0 Å². The Hall–Kier alpha value is -3.13. The molecule has 0 spiro atoms. The number of benzene rings is 2. The van der Waals surface area contributed by atoms with Gasteiger partial charge in [0.1, 0.15) is 23.4 Å². The van der Waals surface area contributed by atoms with Crippen molar-refractivity contribution in [3.8, 4) is 0 Å². The number of carbonyl (C=O) groups is 1. The number of aromatic nitrogens is 3. The Kier molecular flexibility index (Phi) is 3.94. The van der Waals surface area contributed by atoms with Crippen LogP contribution in [0.1, 0.15) is 0 Å². The maximum Gasteiger partial charge on any atom is 0.278 e. The van der Waals surface area contributed by atoms with Gasteiger partial charge in [0.25, 0.3) is 5.56 Å². The molecule has 1 aliphatic heterocycles. The fourth-order valence-electron chi connectivity index (χ4n) is 3.58. The Morgan fingerprint density at radius 1 is 1.18 bits per heavy atom. The fourth-order valence-corrected chi connectivity index (χ4v) is 4.52. The molecule has 2 aromatic carbocycles. The van der Waals surface area contributed by atoms with E-state index in [0.717, 1.165) is 16.7 Å². The van der Waals surface area contributed by atoms with Gasteiger partial charge in [-0.25, -0.2) is 9.37 Å². The van der Waals surface area contributed by atoms with Gasteiger partial charge in [-0.05, 0) is 18.2 Å². The highest BCUT2D eigenvalue weighted by Crippen LogP contribution is 2.30. The second-order valence-electron chi connectivity index (χ2n) is 6.53. The standard InChI is InChI=1S/C20H15FN4O2S/c21-13-6-2-3-7-14(13)22-16(26)11-25-15-8-4-1-5-12(15)17-18(25)19(27)24-9-10-28-20(24)23-17/h1-8H,9-11H2,(H,22,26). The number of hydrogen-bond acceptors (Lipinski definition) is 4. The van der Waals surface area contributed by atoms with Crippen molar-refractivity contribution in [1.29, 1.82) is 0 Å². The van der Waals surface area contributed by atoms with Gasteiger partial charge in [0.05, 0.1) is 11.2 Å². The molecular weight excluding hydrogens is 379 g/mol. The molecule has 0 radical (unpaired) electrons. The van der Waals surface area contributed by atoms with Gasteiger partial charge in [0, 0.05) is 17.7 Å². The maximum absolute atomic E-state index is 13.9. The summed E-state index contributed by atoms with van der Waals surface area (Å²) in [6, 6.07) is 13.5. The highest BCUT2D eigenvalue weighted by atomic mass is 32.2. The SMILES string of the molecule is O=C(Cn1c2ccccc2c2nc3n(c(=O)c21)CCS3)Nc1ccccc1F. The number of rotatable bonds is 3. The number of carbonyl (C=O) groups excluding carboxylic acids is 1. The van der Waals surface area contributed by atoms with E-state index in [0.29, 0.717) is 22.7 Å². The van der Waals surface area contributed by atoms with Crippen molar-refractivity contribution in [2.75, 3.05) is 11.1 Å². The van der Waals surface area contributed by atoms with E-state index in [9.17, 15) is 14.0 Å². The summed E-state index contributed by atoms with van der Waals surface area (Å²) in [5.41, 5.74) is 1.71. The molecule has 4 aromatic rings. The number of anilines is 1. The molecule has 0 fully saturated rings. The van der Waals surface area contributed by atoms with Crippen LogP contribution < -0.4 is 10.9 Å². The number of nitrogens with one attached hydrogen (secondary N) is 1. The molecule has 0 saturated carbocycles. The maximum atomic E-state index is 13.9. The van der Waals surface area contributed by atoms with Gasteiger partial charge >= 0.3 is 0 Å². The Morgan fingerprint density at radius 2 is 1.96 bits per heavy atom. The van der Waals surface area contributed by atoms with Crippen LogP contribution >= 0.6 is 11.8 Å². The van der Waals surface area contributed by atoms with Crippen LogP contribution in [0.3, 0.4) is 0 Å². The van der Waals surface area contributed by atoms with Gasteiger partial charge in [-0.15, -0.1) is 0 Å². The number of amides is 1. The number of halogens is 1. The molecule has 2 aromatic heterocycles. The molecule has 3 heterocycles. The predicted octanol–water partition coefficient (Wildman–Crippen LogP) is 3.23. The van der Waals surface area contributed by atoms with Crippen LogP contribution in [0.25, 0.3) is 21.9 Å². The van der Waals surface area contributed by atoms with Gasteiger partial charge < -0.3 is 9.88 Å². The summed E-state index contributed by atoms with van der Waals surface area (Å²) >= 11 is 1.55. The third kappa shape index (κ3) is 2.60. The number of hydrogen-bond donors (Lipinski definition) is 1. The Balaban J connectivity index is 1.65. The Labute approximate surface area is 163 Å². The number of nitrogens with zero attached hydrogens (tertiary/aromatic N) is 3. The van der Waals surface area contributed by atoms with Crippen LogP contribution in [0.5, 0.6) is 0 Å². The summed E-state index contributed by atoms with van der Waals surface area (Å²) < 4.78 is 17.2. The molecule has 6 nitrogen and oxygen atoms in total. The molecule has 28 heavy (non-hydrogen) atoms.